The Labute approximate surface area is 141 Å². The molecule has 1 aromatic carbocycles. The molecule has 0 unspecified atom stereocenters. The lowest BCUT2D eigenvalue weighted by molar-refractivity contribution is -0.384. The van der Waals surface area contributed by atoms with Gasteiger partial charge in [-0.25, -0.2) is 0 Å². The zero-order valence-corrected chi connectivity index (χ0v) is 14.2. The number of nitrogens with zero attached hydrogens (tertiary/aromatic N) is 1. The Bertz CT molecular complexity index is 873. The summed E-state index contributed by atoms with van der Waals surface area (Å²) in [6.07, 6.45) is 2.02. The second kappa shape index (κ2) is 9.74. The average Bonchev–Trinajstić information content (AvgIpc) is 2.52. The number of hydrogen-bond donors (Lipinski definition) is 5. The Morgan fingerprint density at radius 3 is 2.40 bits per heavy atom. The van der Waals surface area contributed by atoms with Crippen LogP contribution >= 0.6 is 8.25 Å². The number of H-pyrrole nitrogens is 2. The maximum Gasteiger partial charge on any atom is 0.692 e. The first-order valence-corrected chi connectivity index (χ1v) is 8.42. The average molecular weight is 373 g/mol. The molecule has 0 atom stereocenters. The number of nitrogens with one attached hydrogen (secondary N) is 3. The van der Waals surface area contributed by atoms with Gasteiger partial charge in [-0.2, -0.15) is 0 Å². The lowest BCUT2D eigenvalue weighted by Crippen LogP contribution is -2.29. The smallest absolute Gasteiger partial charge is 0.316 e. The number of hydrogen-bond acceptors (Lipinski definition) is 6. The molecule has 2 aromatic rings. The molecular formula is C13H18N4O7P+. The molecule has 12 heteroatoms. The van der Waals surface area contributed by atoms with Crippen LogP contribution in [0.2, 0.25) is 0 Å². The van der Waals surface area contributed by atoms with E-state index >= 15 is 0 Å². The van der Waals surface area contributed by atoms with Gasteiger partial charge in [0.2, 0.25) is 0 Å². The van der Waals surface area contributed by atoms with Gasteiger partial charge in [0.05, 0.1) is 16.0 Å². The fraction of sp³-hybridized carbons (Fsp3) is 0.385. The van der Waals surface area contributed by atoms with Crippen LogP contribution in [0.25, 0.3) is 11.0 Å². The maximum atomic E-state index is 11.4. The summed E-state index contributed by atoms with van der Waals surface area (Å²) >= 11 is 0. The van der Waals surface area contributed by atoms with E-state index < -0.39 is 24.3 Å². The van der Waals surface area contributed by atoms with Gasteiger partial charge >= 0.3 is 19.4 Å². The van der Waals surface area contributed by atoms with E-state index in [1.807, 2.05) is 0 Å². The number of nitro benzene ring substituents is 1. The Hall–Kier alpha value is -2.46. The summed E-state index contributed by atoms with van der Waals surface area (Å²) in [5.74, 6) is 0. The van der Waals surface area contributed by atoms with Crippen LogP contribution in [0.4, 0.5) is 5.69 Å². The molecule has 0 saturated carbocycles. The minimum atomic E-state index is -2.87. The summed E-state index contributed by atoms with van der Waals surface area (Å²) in [6, 6.07) is 2.64. The number of rotatable bonds is 6. The molecule has 0 aliphatic rings. The first-order valence-electron chi connectivity index (χ1n) is 7.25. The van der Waals surface area contributed by atoms with Crippen molar-refractivity contribution in [2.45, 2.75) is 26.3 Å². The molecule has 0 amide bonds. The van der Waals surface area contributed by atoms with Gasteiger partial charge in [0, 0.05) is 23.2 Å². The Balaban J connectivity index is 0.000000705. The summed E-state index contributed by atoms with van der Waals surface area (Å²) in [5, 5.41) is 14.1. The van der Waals surface area contributed by atoms with Crippen LogP contribution in [-0.2, 0) is 11.1 Å². The highest BCUT2D eigenvalue weighted by Gasteiger charge is 2.13. The normalized spacial score (nSPS) is 10.2. The van der Waals surface area contributed by atoms with Crippen LogP contribution in [0.3, 0.4) is 0 Å². The first kappa shape index (κ1) is 20.6. The third-order valence-corrected chi connectivity index (χ3v) is 3.13. The molecule has 0 fully saturated rings. The fourth-order valence-electron chi connectivity index (χ4n) is 2.05. The summed E-state index contributed by atoms with van der Waals surface area (Å²) in [6.45, 7) is 3.21. The number of aromatic amines is 2. The largest absolute Gasteiger partial charge is 0.692 e. The zero-order valence-electron chi connectivity index (χ0n) is 13.3. The fourth-order valence-corrected chi connectivity index (χ4v) is 2.05. The highest BCUT2D eigenvalue weighted by Crippen LogP contribution is 2.21. The molecule has 0 bridgehead atoms. The molecule has 5 N–H and O–H groups in total. The molecule has 0 radical (unpaired) electrons. The van der Waals surface area contributed by atoms with E-state index in [-0.39, 0.29) is 11.2 Å². The minimum Gasteiger partial charge on any atom is -0.316 e. The van der Waals surface area contributed by atoms with Gasteiger partial charge in [-0.1, -0.05) is 13.3 Å². The number of unbranched alkanes of at least 4 members (excludes halogenated alkanes) is 1. The number of fused-ring (bicyclic) bond motifs is 1. The standard InChI is InChI=1S/C13H16N4O4.HO3P/c1-2-3-4-14-7-8-5-9(17(20)21)6-10-11(8)16-13(19)12(18)15-10;1-4(2)3/h5-6,14H,2-4,7H2,1H3,(H,15,18)(H,16,19);(H-,1,2,3)/p+1. The lowest BCUT2D eigenvalue weighted by Gasteiger charge is -2.07. The minimum absolute atomic E-state index is 0.127. The van der Waals surface area contributed by atoms with Crippen molar-refractivity contribution in [2.24, 2.45) is 0 Å². The van der Waals surface area contributed by atoms with Crippen LogP contribution in [0.15, 0.2) is 21.7 Å². The molecule has 0 aliphatic carbocycles. The molecule has 11 nitrogen and oxygen atoms in total. The number of aromatic nitrogens is 2. The monoisotopic (exact) mass is 373 g/mol. The van der Waals surface area contributed by atoms with Gasteiger partial charge in [0.25, 0.3) is 5.69 Å². The van der Waals surface area contributed by atoms with Crippen molar-refractivity contribution in [2.75, 3.05) is 6.54 Å². The van der Waals surface area contributed by atoms with Crippen LogP contribution in [0, 0.1) is 10.1 Å². The Morgan fingerprint density at radius 1 is 1.24 bits per heavy atom. The van der Waals surface area contributed by atoms with Crippen molar-refractivity contribution in [3.05, 3.63) is 48.5 Å². The molecular weight excluding hydrogens is 355 g/mol. The van der Waals surface area contributed by atoms with Gasteiger partial charge in [-0.3, -0.25) is 19.7 Å². The van der Waals surface area contributed by atoms with Gasteiger partial charge in [-0.15, -0.1) is 9.79 Å². The topological polar surface area (TPSA) is 178 Å². The summed E-state index contributed by atoms with van der Waals surface area (Å²) < 4.78 is 8.70. The number of non-ortho nitro benzene ring substituents is 1. The Morgan fingerprint density at radius 2 is 1.84 bits per heavy atom. The SMILES string of the molecule is CCCCNCc1cc([N+](=O)[O-])cc2[nH]c(=O)c(=O)[nH]c12.O=[P+](O)O. The molecule has 2 rings (SSSR count). The van der Waals surface area contributed by atoms with E-state index in [0.717, 1.165) is 19.4 Å². The van der Waals surface area contributed by atoms with Crippen molar-refractivity contribution < 1.29 is 19.3 Å². The van der Waals surface area contributed by atoms with Gasteiger partial charge in [0.15, 0.2) is 0 Å². The van der Waals surface area contributed by atoms with Crippen molar-refractivity contribution in [3.8, 4) is 0 Å². The van der Waals surface area contributed by atoms with E-state index in [9.17, 15) is 19.7 Å². The van der Waals surface area contributed by atoms with Gasteiger partial charge < -0.3 is 15.3 Å². The maximum absolute atomic E-state index is 11.4. The molecule has 0 spiro atoms. The predicted octanol–water partition coefficient (Wildman–Crippen LogP) is 0.643. The first-order chi connectivity index (χ1) is 11.8. The van der Waals surface area contributed by atoms with E-state index in [2.05, 4.69) is 22.2 Å². The molecule has 0 aliphatic heterocycles. The second-order valence-electron chi connectivity index (χ2n) is 4.98. The zero-order chi connectivity index (χ0) is 19.0. The summed E-state index contributed by atoms with van der Waals surface area (Å²) in [5.41, 5.74) is -0.490. The molecule has 1 aromatic heterocycles. The van der Waals surface area contributed by atoms with Gasteiger partial charge in [-0.05, 0) is 18.5 Å². The van der Waals surface area contributed by atoms with Crippen LogP contribution in [0.5, 0.6) is 0 Å². The van der Waals surface area contributed by atoms with E-state index in [1.165, 1.54) is 12.1 Å². The molecule has 136 valence electrons. The quantitative estimate of drug-likeness (QED) is 0.161. The highest BCUT2D eigenvalue weighted by atomic mass is 31.1. The van der Waals surface area contributed by atoms with Crippen LogP contribution < -0.4 is 16.4 Å². The van der Waals surface area contributed by atoms with Crippen LogP contribution in [0.1, 0.15) is 25.3 Å². The predicted molar refractivity (Wildman–Crippen MR) is 90.5 cm³/mol. The summed E-state index contributed by atoms with van der Waals surface area (Å²) in [4.78, 5) is 52.3. The number of benzene rings is 1. The molecule has 25 heavy (non-hydrogen) atoms. The summed E-state index contributed by atoms with van der Waals surface area (Å²) in [7, 11) is -2.87. The van der Waals surface area contributed by atoms with Crippen molar-refractivity contribution in [1.29, 1.82) is 0 Å². The molecule has 0 saturated heterocycles. The van der Waals surface area contributed by atoms with E-state index in [1.54, 1.807) is 0 Å². The van der Waals surface area contributed by atoms with E-state index in [0.29, 0.717) is 17.6 Å². The number of nitro groups is 1. The van der Waals surface area contributed by atoms with Crippen LogP contribution in [-0.4, -0.2) is 31.2 Å². The second-order valence-corrected chi connectivity index (χ2v) is 5.48. The van der Waals surface area contributed by atoms with Gasteiger partial charge in [0.1, 0.15) is 0 Å². The lowest BCUT2D eigenvalue weighted by atomic mass is 10.1. The van der Waals surface area contributed by atoms with E-state index in [4.69, 9.17) is 14.4 Å². The molecule has 1 heterocycles. The third kappa shape index (κ3) is 6.51. The van der Waals surface area contributed by atoms with Crippen molar-refractivity contribution in [3.63, 3.8) is 0 Å². The van der Waals surface area contributed by atoms with Crippen molar-refractivity contribution >= 4 is 25.0 Å². The third-order valence-electron chi connectivity index (χ3n) is 3.13. The Kier molecular flexibility index (Phi) is 8.02. The highest BCUT2D eigenvalue weighted by molar-refractivity contribution is 7.30. The van der Waals surface area contributed by atoms with Crippen molar-refractivity contribution in [1.82, 2.24) is 15.3 Å².